The lowest BCUT2D eigenvalue weighted by Gasteiger charge is -2.30. The number of nitrogens with one attached hydrogen (secondary N) is 1. The summed E-state index contributed by atoms with van der Waals surface area (Å²) in [6, 6.07) is 22.1. The van der Waals surface area contributed by atoms with Crippen LogP contribution in [0.4, 0.5) is 24.8 Å². The molecule has 11 heteroatoms. The van der Waals surface area contributed by atoms with Crippen LogP contribution in [0.25, 0.3) is 22.4 Å². The number of hydrogen-bond acceptors (Lipinski definition) is 8. The number of aryl methyl sites for hydroxylation is 1. The molecule has 0 unspecified atom stereocenters. The van der Waals surface area contributed by atoms with Crippen LogP contribution in [-0.4, -0.2) is 47.6 Å². The second-order valence-electron chi connectivity index (χ2n) is 12.9. The summed E-state index contributed by atoms with van der Waals surface area (Å²) < 4.78 is 55.5. The molecular formula is C37H43F3N4O2S2. The zero-order chi connectivity index (χ0) is 34.1. The Hall–Kier alpha value is -3.41. The number of hydrogen-bond donors (Lipinski definition) is 1. The first-order chi connectivity index (χ1) is 23.1. The van der Waals surface area contributed by atoms with Crippen LogP contribution >= 0.6 is 23.8 Å². The molecule has 2 aromatic heterocycles. The normalized spacial score (nSPS) is 14.8. The molecule has 2 aromatic carbocycles. The number of thioether (sulfide) groups is 1. The van der Waals surface area contributed by atoms with Gasteiger partial charge in [0.15, 0.2) is 24.0 Å². The number of anilines is 2. The topological polar surface area (TPSA) is 59.5 Å². The van der Waals surface area contributed by atoms with Crippen molar-refractivity contribution in [1.29, 1.82) is 0 Å². The zero-order valence-electron chi connectivity index (χ0n) is 27.9. The van der Waals surface area contributed by atoms with Crippen LogP contribution < -0.4 is 15.1 Å². The Bertz CT molecular complexity index is 1670. The summed E-state index contributed by atoms with van der Waals surface area (Å²) in [6.45, 7) is 5.22. The lowest BCUT2D eigenvalue weighted by Crippen LogP contribution is -2.39. The fourth-order valence-corrected chi connectivity index (χ4v) is 6.22. The molecule has 0 saturated carbocycles. The van der Waals surface area contributed by atoms with E-state index in [1.807, 2.05) is 54.2 Å². The molecule has 1 N–H and O–H groups in total. The molecule has 48 heavy (non-hydrogen) atoms. The van der Waals surface area contributed by atoms with E-state index in [9.17, 15) is 13.2 Å². The molecule has 5 rings (SSSR count). The van der Waals surface area contributed by atoms with Crippen LogP contribution in [0.5, 0.6) is 5.75 Å². The van der Waals surface area contributed by atoms with Crippen molar-refractivity contribution >= 4 is 35.4 Å². The summed E-state index contributed by atoms with van der Waals surface area (Å²) in [5.74, 6) is -1.67. The number of aromatic nitrogens is 2. The molecule has 0 aliphatic carbocycles. The summed E-state index contributed by atoms with van der Waals surface area (Å²) in [5, 5.41) is 0.716. The predicted molar refractivity (Wildman–Crippen MR) is 193 cm³/mol. The van der Waals surface area contributed by atoms with Gasteiger partial charge in [0.1, 0.15) is 10.8 Å². The van der Waals surface area contributed by atoms with Gasteiger partial charge in [-0.25, -0.2) is 28.6 Å². The average molecular weight is 697 g/mol. The lowest BCUT2D eigenvalue weighted by molar-refractivity contribution is -0.123. The Morgan fingerprint density at radius 3 is 2.56 bits per heavy atom. The van der Waals surface area contributed by atoms with E-state index >= 15 is 0 Å². The third-order valence-corrected chi connectivity index (χ3v) is 9.57. The molecule has 256 valence electrons. The minimum atomic E-state index is -3.16. The molecule has 1 aliphatic rings. The second kappa shape index (κ2) is 16.3. The molecule has 0 atom stereocenters. The highest BCUT2D eigenvalue weighted by Crippen LogP contribution is 2.39. The maximum atomic E-state index is 14.9. The molecule has 3 heterocycles. The second-order valence-corrected chi connectivity index (χ2v) is 14.6. The van der Waals surface area contributed by atoms with Crippen molar-refractivity contribution in [2.75, 3.05) is 42.1 Å². The Morgan fingerprint density at radius 1 is 0.938 bits per heavy atom. The Morgan fingerprint density at radius 2 is 1.75 bits per heavy atom. The molecule has 1 aliphatic heterocycles. The number of halogens is 3. The number of alkyl halides is 2. The highest BCUT2D eigenvalue weighted by molar-refractivity contribution is 7.98. The van der Waals surface area contributed by atoms with E-state index in [2.05, 4.69) is 22.7 Å². The number of nitrogens with zero attached hydrogens (tertiary/aromatic N) is 3. The molecule has 6 nitrogen and oxygen atoms in total. The van der Waals surface area contributed by atoms with Crippen LogP contribution in [0, 0.1) is 11.2 Å². The molecular weight excluding hydrogens is 654 g/mol. The van der Waals surface area contributed by atoms with Gasteiger partial charge in [-0.15, -0.1) is 0 Å². The van der Waals surface area contributed by atoms with Crippen molar-refractivity contribution in [1.82, 2.24) is 9.97 Å². The molecule has 0 fully saturated rings. The predicted octanol–water partition coefficient (Wildman–Crippen LogP) is 10.3. The quantitative estimate of drug-likeness (QED) is 0.192. The maximum Gasteiger partial charge on any atom is 0.286 e. The van der Waals surface area contributed by atoms with Gasteiger partial charge < -0.3 is 9.64 Å². The minimum Gasteiger partial charge on any atom is -0.484 e. The molecule has 4 aromatic rings. The standard InChI is InChI=1S/C37H43F3N4O2S2/c1-36(2,3)37(39,40)25-45-31-24-27(17-19-30(31)38)29-18-20-32-41-35(29)28-14-9-8-13-26(28)12-7-5-6-10-21-44(22-23-47-4)33-15-11-16-34(42-33)48-46-43-32/h8-9,11,13-20,24H,5-7,10,12,21-23,25H2,1-4H3,(H,41,43). The fourth-order valence-electron chi connectivity index (χ4n) is 5.34. The maximum absolute atomic E-state index is 14.9. The Balaban J connectivity index is 1.48. The van der Waals surface area contributed by atoms with Crippen molar-refractivity contribution in [2.45, 2.75) is 63.8 Å². The van der Waals surface area contributed by atoms with Crippen LogP contribution in [0.3, 0.4) is 0 Å². The summed E-state index contributed by atoms with van der Waals surface area (Å²) in [4.78, 5) is 12.2. The molecule has 0 radical (unpaired) electrons. The van der Waals surface area contributed by atoms with E-state index in [0.717, 1.165) is 79.9 Å². The first kappa shape index (κ1) is 35.9. The Labute approximate surface area is 290 Å². The average Bonchev–Trinajstić information content (AvgIpc) is 3.07. The van der Waals surface area contributed by atoms with Crippen molar-refractivity contribution < 1.29 is 22.2 Å². The molecule has 0 spiro atoms. The van der Waals surface area contributed by atoms with E-state index in [-0.39, 0.29) is 5.75 Å². The Kier molecular flexibility index (Phi) is 12.2. The van der Waals surface area contributed by atoms with Gasteiger partial charge in [-0.2, -0.15) is 16.0 Å². The monoisotopic (exact) mass is 696 g/mol. The van der Waals surface area contributed by atoms with E-state index in [4.69, 9.17) is 19.0 Å². The number of fused-ring (bicyclic) bond motifs is 6. The summed E-state index contributed by atoms with van der Waals surface area (Å²) >= 11 is 2.94. The highest BCUT2D eigenvalue weighted by Gasteiger charge is 2.44. The van der Waals surface area contributed by atoms with Gasteiger partial charge in [-0.05, 0) is 73.0 Å². The van der Waals surface area contributed by atoms with Gasteiger partial charge >= 0.3 is 0 Å². The van der Waals surface area contributed by atoms with E-state index in [1.165, 1.54) is 32.9 Å². The number of ether oxygens (including phenoxy) is 1. The molecule has 0 amide bonds. The summed E-state index contributed by atoms with van der Waals surface area (Å²) in [6.07, 6.45) is 7.25. The number of benzene rings is 2. The fraction of sp³-hybridized carbons (Fsp3) is 0.405. The lowest BCUT2D eigenvalue weighted by atomic mass is 9.88. The summed E-state index contributed by atoms with van der Waals surface area (Å²) in [7, 11) is 0. The third-order valence-electron chi connectivity index (χ3n) is 8.41. The number of pyridine rings is 2. The number of rotatable bonds is 7. The van der Waals surface area contributed by atoms with Crippen LogP contribution in [0.1, 0.15) is 52.0 Å². The van der Waals surface area contributed by atoms with E-state index in [0.29, 0.717) is 27.7 Å². The van der Waals surface area contributed by atoms with Crippen molar-refractivity contribution in [2.24, 2.45) is 5.41 Å². The molecule has 0 saturated heterocycles. The summed E-state index contributed by atoms with van der Waals surface area (Å²) in [5.41, 5.74) is 5.66. The van der Waals surface area contributed by atoms with Crippen molar-refractivity contribution in [3.8, 4) is 28.1 Å². The van der Waals surface area contributed by atoms with Gasteiger partial charge in [0.25, 0.3) is 5.92 Å². The molecule has 4 bridgehead atoms. The first-order valence-corrected chi connectivity index (χ1v) is 18.4. The zero-order valence-corrected chi connectivity index (χ0v) is 29.5. The van der Waals surface area contributed by atoms with E-state index < -0.39 is 23.8 Å². The van der Waals surface area contributed by atoms with Gasteiger partial charge in [0.05, 0.1) is 17.7 Å². The minimum absolute atomic E-state index is 0.235. The SMILES string of the molecule is CSCCN1CCCCCCc2ccccc2-c2nc(ccc2-c2ccc(F)c(OCC(F)(F)C(C)(C)C)c2)NOSc2cccc1n2. The van der Waals surface area contributed by atoms with Crippen LogP contribution in [0.15, 0.2) is 77.8 Å². The highest BCUT2D eigenvalue weighted by atomic mass is 32.2. The van der Waals surface area contributed by atoms with Crippen molar-refractivity contribution in [3.63, 3.8) is 0 Å². The van der Waals surface area contributed by atoms with Crippen LogP contribution in [0.2, 0.25) is 0 Å². The van der Waals surface area contributed by atoms with Gasteiger partial charge in [-0.1, -0.05) is 70.0 Å². The van der Waals surface area contributed by atoms with Crippen molar-refractivity contribution in [3.05, 3.63) is 84.2 Å². The first-order valence-electron chi connectivity index (χ1n) is 16.3. The van der Waals surface area contributed by atoms with Gasteiger partial charge in [0.2, 0.25) is 0 Å². The van der Waals surface area contributed by atoms with Gasteiger partial charge in [-0.3, -0.25) is 0 Å². The van der Waals surface area contributed by atoms with Crippen LogP contribution in [-0.2, 0) is 10.7 Å². The van der Waals surface area contributed by atoms with E-state index in [1.54, 1.807) is 12.1 Å². The largest absolute Gasteiger partial charge is 0.484 e. The smallest absolute Gasteiger partial charge is 0.286 e. The van der Waals surface area contributed by atoms with Gasteiger partial charge in [0, 0.05) is 35.4 Å². The third kappa shape index (κ3) is 9.18.